The molecular formula is C17H21N3O. The van der Waals surface area contributed by atoms with Crippen LogP contribution in [0.3, 0.4) is 0 Å². The zero-order chi connectivity index (χ0) is 14.5. The maximum atomic E-state index is 5.64. The Labute approximate surface area is 125 Å². The van der Waals surface area contributed by atoms with Gasteiger partial charge in [0.15, 0.2) is 0 Å². The second-order valence-corrected chi connectivity index (χ2v) is 5.49. The van der Waals surface area contributed by atoms with E-state index in [1.54, 1.807) is 6.20 Å². The van der Waals surface area contributed by atoms with Crippen molar-refractivity contribution in [3.05, 3.63) is 42.5 Å². The van der Waals surface area contributed by atoms with Gasteiger partial charge >= 0.3 is 0 Å². The molecule has 0 bridgehead atoms. The highest BCUT2D eigenvalue weighted by Crippen LogP contribution is 2.24. The van der Waals surface area contributed by atoms with Crippen molar-refractivity contribution in [2.45, 2.75) is 38.8 Å². The third-order valence-corrected chi connectivity index (χ3v) is 3.49. The van der Waals surface area contributed by atoms with E-state index in [1.807, 2.05) is 24.7 Å². The molecule has 1 saturated carbocycles. The summed E-state index contributed by atoms with van der Waals surface area (Å²) < 4.78 is 5.64. The number of hydrogen-bond acceptors (Lipinski definition) is 4. The van der Waals surface area contributed by atoms with Crippen molar-refractivity contribution in [3.8, 4) is 16.9 Å². The Kier molecular flexibility index (Phi) is 4.46. The lowest BCUT2D eigenvalue weighted by atomic mass is 10.1. The van der Waals surface area contributed by atoms with Crippen LogP contribution >= 0.6 is 0 Å². The number of rotatable bonds is 7. The normalized spacial score (nSPS) is 14.1. The van der Waals surface area contributed by atoms with E-state index in [0.29, 0.717) is 12.6 Å². The summed E-state index contributed by atoms with van der Waals surface area (Å²) in [5.74, 6) is 0.816. The maximum absolute atomic E-state index is 5.64. The SMILES string of the molecule is CCCOc1cncc(-c2cncc(CNC3CC3)c2)c1. The molecule has 110 valence electrons. The van der Waals surface area contributed by atoms with Crippen molar-refractivity contribution >= 4 is 0 Å². The van der Waals surface area contributed by atoms with Gasteiger partial charge in [-0.15, -0.1) is 0 Å². The van der Waals surface area contributed by atoms with Gasteiger partial charge in [-0.1, -0.05) is 6.92 Å². The molecule has 1 aliphatic rings. The summed E-state index contributed by atoms with van der Waals surface area (Å²) in [6.07, 6.45) is 11.0. The van der Waals surface area contributed by atoms with Crippen molar-refractivity contribution in [1.29, 1.82) is 0 Å². The van der Waals surface area contributed by atoms with E-state index in [2.05, 4.69) is 28.3 Å². The molecule has 0 aliphatic heterocycles. The first-order valence-corrected chi connectivity index (χ1v) is 7.60. The number of nitrogens with zero attached hydrogens (tertiary/aromatic N) is 2. The Morgan fingerprint density at radius 2 is 1.86 bits per heavy atom. The van der Waals surface area contributed by atoms with Gasteiger partial charge in [-0.05, 0) is 37.0 Å². The first-order valence-electron chi connectivity index (χ1n) is 7.60. The molecule has 1 fully saturated rings. The van der Waals surface area contributed by atoms with Crippen molar-refractivity contribution < 1.29 is 4.74 Å². The molecule has 4 nitrogen and oxygen atoms in total. The fourth-order valence-electron chi connectivity index (χ4n) is 2.17. The number of pyridine rings is 2. The molecule has 0 spiro atoms. The van der Waals surface area contributed by atoms with E-state index < -0.39 is 0 Å². The lowest BCUT2D eigenvalue weighted by Crippen LogP contribution is -2.15. The summed E-state index contributed by atoms with van der Waals surface area (Å²) in [6.45, 7) is 3.69. The number of ether oxygens (including phenoxy) is 1. The van der Waals surface area contributed by atoms with Gasteiger partial charge in [0.2, 0.25) is 0 Å². The van der Waals surface area contributed by atoms with Crippen LogP contribution in [0.25, 0.3) is 11.1 Å². The molecule has 0 amide bonds. The topological polar surface area (TPSA) is 47.0 Å². The first kappa shape index (κ1) is 14.0. The Balaban J connectivity index is 1.73. The Morgan fingerprint density at radius 3 is 2.62 bits per heavy atom. The highest BCUT2D eigenvalue weighted by Gasteiger charge is 2.19. The molecule has 3 rings (SSSR count). The van der Waals surface area contributed by atoms with Gasteiger partial charge in [0.25, 0.3) is 0 Å². The minimum absolute atomic E-state index is 0.709. The number of nitrogens with one attached hydrogen (secondary N) is 1. The van der Waals surface area contributed by atoms with Crippen molar-refractivity contribution in [2.24, 2.45) is 0 Å². The summed E-state index contributed by atoms with van der Waals surface area (Å²) >= 11 is 0. The highest BCUT2D eigenvalue weighted by atomic mass is 16.5. The van der Waals surface area contributed by atoms with Crippen molar-refractivity contribution in [3.63, 3.8) is 0 Å². The second-order valence-electron chi connectivity index (χ2n) is 5.49. The molecular weight excluding hydrogens is 262 g/mol. The van der Waals surface area contributed by atoms with E-state index in [1.165, 1.54) is 18.4 Å². The lowest BCUT2D eigenvalue weighted by molar-refractivity contribution is 0.316. The fraction of sp³-hybridized carbons (Fsp3) is 0.412. The van der Waals surface area contributed by atoms with Crippen LogP contribution in [0.4, 0.5) is 0 Å². The lowest BCUT2D eigenvalue weighted by Gasteiger charge is -2.08. The zero-order valence-electron chi connectivity index (χ0n) is 12.4. The van der Waals surface area contributed by atoms with Crippen LogP contribution in [-0.4, -0.2) is 22.6 Å². The Morgan fingerprint density at radius 1 is 1.10 bits per heavy atom. The molecule has 4 heteroatoms. The summed E-state index contributed by atoms with van der Waals surface area (Å²) in [5, 5.41) is 3.51. The van der Waals surface area contributed by atoms with Gasteiger partial charge in [0, 0.05) is 42.3 Å². The molecule has 0 saturated heterocycles. The monoisotopic (exact) mass is 283 g/mol. The van der Waals surface area contributed by atoms with Crippen molar-refractivity contribution in [2.75, 3.05) is 6.61 Å². The van der Waals surface area contributed by atoms with Crippen LogP contribution in [0.5, 0.6) is 5.75 Å². The summed E-state index contributed by atoms with van der Waals surface area (Å²) in [5.41, 5.74) is 3.34. The van der Waals surface area contributed by atoms with Gasteiger partial charge in [0.05, 0.1) is 12.8 Å². The summed E-state index contributed by atoms with van der Waals surface area (Å²) in [6, 6.07) is 4.90. The van der Waals surface area contributed by atoms with E-state index in [4.69, 9.17) is 4.74 Å². The van der Waals surface area contributed by atoms with Crippen LogP contribution in [0.2, 0.25) is 0 Å². The van der Waals surface area contributed by atoms with E-state index in [-0.39, 0.29) is 0 Å². The smallest absolute Gasteiger partial charge is 0.138 e. The Bertz CT molecular complexity index is 596. The molecule has 2 aromatic rings. The Hall–Kier alpha value is -1.94. The first-order chi connectivity index (χ1) is 10.3. The molecule has 2 heterocycles. The summed E-state index contributed by atoms with van der Waals surface area (Å²) in [7, 11) is 0. The van der Waals surface area contributed by atoms with Crippen LogP contribution < -0.4 is 10.1 Å². The average molecular weight is 283 g/mol. The molecule has 0 unspecified atom stereocenters. The van der Waals surface area contributed by atoms with Crippen LogP contribution in [0, 0.1) is 0 Å². The zero-order valence-corrected chi connectivity index (χ0v) is 12.4. The third kappa shape index (κ3) is 4.02. The highest BCUT2D eigenvalue weighted by molar-refractivity contribution is 5.63. The van der Waals surface area contributed by atoms with Gasteiger partial charge in [-0.2, -0.15) is 0 Å². The van der Waals surface area contributed by atoms with Gasteiger partial charge in [-0.3, -0.25) is 9.97 Å². The average Bonchev–Trinajstić information content (AvgIpc) is 3.36. The van der Waals surface area contributed by atoms with E-state index in [9.17, 15) is 0 Å². The minimum Gasteiger partial charge on any atom is -0.492 e. The molecule has 1 N–H and O–H groups in total. The van der Waals surface area contributed by atoms with Crippen LogP contribution in [0.1, 0.15) is 31.7 Å². The minimum atomic E-state index is 0.709. The second kappa shape index (κ2) is 6.68. The van der Waals surface area contributed by atoms with Crippen molar-refractivity contribution in [1.82, 2.24) is 15.3 Å². The van der Waals surface area contributed by atoms with Crippen LogP contribution in [-0.2, 0) is 6.54 Å². The van der Waals surface area contributed by atoms with Gasteiger partial charge < -0.3 is 10.1 Å². The maximum Gasteiger partial charge on any atom is 0.138 e. The summed E-state index contributed by atoms with van der Waals surface area (Å²) in [4.78, 5) is 8.60. The van der Waals surface area contributed by atoms with Gasteiger partial charge in [0.1, 0.15) is 5.75 Å². The van der Waals surface area contributed by atoms with Gasteiger partial charge in [-0.25, -0.2) is 0 Å². The van der Waals surface area contributed by atoms with Crippen LogP contribution in [0.15, 0.2) is 36.9 Å². The third-order valence-electron chi connectivity index (χ3n) is 3.49. The molecule has 1 aliphatic carbocycles. The quantitative estimate of drug-likeness (QED) is 0.847. The predicted octanol–water partition coefficient (Wildman–Crippen LogP) is 3.18. The largest absolute Gasteiger partial charge is 0.492 e. The molecule has 0 radical (unpaired) electrons. The standard InChI is InChI=1S/C17H21N3O/c1-2-5-21-17-7-15(11-19-12-17)14-6-13(8-18-10-14)9-20-16-3-4-16/h6-8,10-12,16,20H,2-5,9H2,1H3. The fourth-order valence-corrected chi connectivity index (χ4v) is 2.17. The molecule has 21 heavy (non-hydrogen) atoms. The molecule has 2 aromatic heterocycles. The van der Waals surface area contributed by atoms with E-state index in [0.717, 1.165) is 29.8 Å². The van der Waals surface area contributed by atoms with E-state index >= 15 is 0 Å². The number of aromatic nitrogens is 2. The predicted molar refractivity (Wildman–Crippen MR) is 83.1 cm³/mol. The molecule has 0 atom stereocenters. The molecule has 0 aromatic carbocycles. The number of hydrogen-bond donors (Lipinski definition) is 1.